The van der Waals surface area contributed by atoms with Crippen molar-refractivity contribution < 1.29 is 14.4 Å². The quantitative estimate of drug-likeness (QED) is 0.526. The first-order valence-electron chi connectivity index (χ1n) is 7.94. The molecule has 0 aromatic carbocycles. The molecule has 1 saturated heterocycles. The Morgan fingerprint density at radius 1 is 1.45 bits per heavy atom. The Kier molecular flexibility index (Phi) is 4.27. The van der Waals surface area contributed by atoms with Crippen molar-refractivity contribution in [3.05, 3.63) is 21.3 Å². The van der Waals surface area contributed by atoms with E-state index in [2.05, 4.69) is 29.5 Å². The molecule has 0 aromatic rings. The number of ketones is 1. The van der Waals surface area contributed by atoms with Crippen molar-refractivity contribution in [3.63, 3.8) is 0 Å². The molecule has 118 valence electrons. The van der Waals surface area contributed by atoms with Crippen LogP contribution in [-0.2, 0) is 14.4 Å². The molecule has 0 aromatic heterocycles. The first kappa shape index (κ1) is 15.9. The fourth-order valence-corrected chi connectivity index (χ4v) is 5.22. The molecule has 2 heterocycles. The number of rotatable bonds is 4. The zero-order chi connectivity index (χ0) is 15.9. The summed E-state index contributed by atoms with van der Waals surface area (Å²) in [6.07, 6.45) is 8.48. The van der Waals surface area contributed by atoms with E-state index in [1.54, 1.807) is 6.08 Å². The molecular formula is C17H20INO3. The van der Waals surface area contributed by atoms with Crippen LogP contribution < -0.4 is 0 Å². The van der Waals surface area contributed by atoms with Crippen molar-refractivity contribution in [2.24, 2.45) is 11.8 Å². The van der Waals surface area contributed by atoms with E-state index < -0.39 is 5.54 Å². The van der Waals surface area contributed by atoms with Crippen LogP contribution in [-0.4, -0.2) is 35.0 Å². The first-order valence-corrected chi connectivity index (χ1v) is 9.02. The van der Waals surface area contributed by atoms with Crippen molar-refractivity contribution in [1.82, 2.24) is 4.90 Å². The van der Waals surface area contributed by atoms with Crippen LogP contribution in [0.4, 0.5) is 0 Å². The van der Waals surface area contributed by atoms with Crippen LogP contribution in [0.2, 0.25) is 0 Å². The molecule has 0 bridgehead atoms. The molecule has 4 nitrogen and oxygen atoms in total. The number of carbonyl (C=O) groups is 3. The number of unbranched alkanes of at least 4 members (excludes halogenated alkanes) is 1. The molecule has 3 aliphatic rings. The second kappa shape index (κ2) is 5.91. The number of halogens is 1. The molecule has 1 fully saturated rings. The van der Waals surface area contributed by atoms with Gasteiger partial charge in [0.2, 0.25) is 0 Å². The van der Waals surface area contributed by atoms with Gasteiger partial charge in [-0.05, 0) is 53.5 Å². The summed E-state index contributed by atoms with van der Waals surface area (Å²) in [6.45, 7) is 2.73. The fourth-order valence-electron chi connectivity index (χ4n) is 4.22. The standard InChI is InChI=1S/C17H20INO3/c1-2-3-4-13-15(18)16(22)19-8-6-11(10-20)14-9-12(21)5-7-17(13,14)19/h5,7,10-11,14H,2-4,6,8-9H2,1H3/t11-,14?,17+/m1/s1. The van der Waals surface area contributed by atoms with Crippen molar-refractivity contribution in [3.8, 4) is 0 Å². The highest BCUT2D eigenvalue weighted by atomic mass is 127. The van der Waals surface area contributed by atoms with Gasteiger partial charge in [0.25, 0.3) is 5.91 Å². The zero-order valence-corrected chi connectivity index (χ0v) is 14.8. The molecule has 0 N–H and O–H groups in total. The van der Waals surface area contributed by atoms with E-state index in [4.69, 9.17) is 0 Å². The van der Waals surface area contributed by atoms with Gasteiger partial charge in [-0.2, -0.15) is 0 Å². The maximum atomic E-state index is 12.7. The molecule has 5 heteroatoms. The second-order valence-corrected chi connectivity index (χ2v) is 7.46. The van der Waals surface area contributed by atoms with E-state index in [1.807, 2.05) is 11.0 Å². The number of carbonyl (C=O) groups excluding carboxylic acids is 3. The molecule has 1 aliphatic carbocycles. The van der Waals surface area contributed by atoms with Crippen molar-refractivity contribution in [2.45, 2.75) is 44.6 Å². The average Bonchev–Trinajstić information content (AvgIpc) is 2.73. The molecule has 0 saturated carbocycles. The molecule has 2 aliphatic heterocycles. The van der Waals surface area contributed by atoms with Gasteiger partial charge in [-0.25, -0.2) is 0 Å². The zero-order valence-electron chi connectivity index (χ0n) is 12.7. The summed E-state index contributed by atoms with van der Waals surface area (Å²) in [5.41, 5.74) is 0.598. The molecule has 1 spiro atoms. The number of allylic oxidation sites excluding steroid dienone is 1. The lowest BCUT2D eigenvalue weighted by Crippen LogP contribution is -2.60. The van der Waals surface area contributed by atoms with E-state index in [0.29, 0.717) is 19.4 Å². The number of hydrogen-bond donors (Lipinski definition) is 0. The predicted octanol–water partition coefficient (Wildman–Crippen LogP) is 2.81. The van der Waals surface area contributed by atoms with Crippen molar-refractivity contribution in [2.75, 3.05) is 6.54 Å². The summed E-state index contributed by atoms with van der Waals surface area (Å²) in [5.74, 6) is -0.107. The predicted molar refractivity (Wildman–Crippen MR) is 91.4 cm³/mol. The third-order valence-corrected chi connectivity index (χ3v) is 6.41. The van der Waals surface area contributed by atoms with Crippen molar-refractivity contribution in [1.29, 1.82) is 0 Å². The second-order valence-electron chi connectivity index (χ2n) is 6.38. The topological polar surface area (TPSA) is 54.5 Å². The van der Waals surface area contributed by atoms with Crippen LogP contribution in [0.15, 0.2) is 21.3 Å². The summed E-state index contributed by atoms with van der Waals surface area (Å²) in [5, 5.41) is 0. The third-order valence-electron chi connectivity index (χ3n) is 5.30. The van der Waals surface area contributed by atoms with Crippen molar-refractivity contribution >= 4 is 40.6 Å². The van der Waals surface area contributed by atoms with Crippen LogP contribution in [0.1, 0.15) is 39.0 Å². The highest BCUT2D eigenvalue weighted by Gasteiger charge is 2.58. The lowest BCUT2D eigenvalue weighted by molar-refractivity contribution is -0.137. The highest BCUT2D eigenvalue weighted by molar-refractivity contribution is 14.1. The highest BCUT2D eigenvalue weighted by Crippen LogP contribution is 2.53. The first-order chi connectivity index (χ1) is 10.6. The largest absolute Gasteiger partial charge is 0.325 e. The maximum Gasteiger partial charge on any atom is 0.261 e. The lowest BCUT2D eigenvalue weighted by atomic mass is 9.63. The van der Waals surface area contributed by atoms with Gasteiger partial charge in [0, 0.05) is 24.8 Å². The number of nitrogens with zero attached hydrogens (tertiary/aromatic N) is 1. The van der Waals surface area contributed by atoms with Gasteiger partial charge in [0.15, 0.2) is 5.78 Å². The summed E-state index contributed by atoms with van der Waals surface area (Å²) in [7, 11) is 0. The van der Waals surface area contributed by atoms with E-state index in [1.165, 1.54) is 0 Å². The summed E-state index contributed by atoms with van der Waals surface area (Å²) in [4.78, 5) is 38.1. The number of hydrogen-bond acceptors (Lipinski definition) is 3. The molecule has 1 unspecified atom stereocenters. The summed E-state index contributed by atoms with van der Waals surface area (Å²) >= 11 is 2.15. The fraction of sp³-hybridized carbons (Fsp3) is 0.588. The van der Waals surface area contributed by atoms with Gasteiger partial charge >= 0.3 is 0 Å². The molecule has 3 atom stereocenters. The Labute approximate surface area is 144 Å². The third kappa shape index (κ3) is 2.12. The monoisotopic (exact) mass is 413 g/mol. The van der Waals surface area contributed by atoms with Crippen LogP contribution in [0, 0.1) is 11.8 Å². The minimum absolute atomic E-state index is 0.0634. The molecule has 1 amide bonds. The van der Waals surface area contributed by atoms with Crippen LogP contribution >= 0.6 is 22.6 Å². The summed E-state index contributed by atoms with van der Waals surface area (Å²) in [6, 6.07) is 0. The summed E-state index contributed by atoms with van der Waals surface area (Å²) < 4.78 is 0.793. The molecule has 0 radical (unpaired) electrons. The van der Waals surface area contributed by atoms with E-state index in [9.17, 15) is 14.4 Å². The Morgan fingerprint density at radius 3 is 2.91 bits per heavy atom. The number of piperidine rings is 1. The minimum atomic E-state index is -0.527. The average molecular weight is 413 g/mol. The SMILES string of the molecule is CCCCC1=C(I)C(=O)N2CC[C@H](C=O)C3CC(=O)C=C[C@]132. The normalized spacial score (nSPS) is 34.0. The van der Waals surface area contributed by atoms with Gasteiger partial charge in [-0.3, -0.25) is 9.59 Å². The molecular weight excluding hydrogens is 393 g/mol. The van der Waals surface area contributed by atoms with Crippen LogP contribution in [0.5, 0.6) is 0 Å². The van der Waals surface area contributed by atoms with E-state index in [0.717, 1.165) is 34.7 Å². The van der Waals surface area contributed by atoms with Gasteiger partial charge in [-0.1, -0.05) is 19.4 Å². The van der Waals surface area contributed by atoms with Gasteiger partial charge in [0.1, 0.15) is 6.29 Å². The van der Waals surface area contributed by atoms with Gasteiger partial charge in [-0.15, -0.1) is 0 Å². The van der Waals surface area contributed by atoms with E-state index >= 15 is 0 Å². The van der Waals surface area contributed by atoms with E-state index in [-0.39, 0.29) is 23.5 Å². The van der Waals surface area contributed by atoms with Crippen LogP contribution in [0.3, 0.4) is 0 Å². The molecule has 22 heavy (non-hydrogen) atoms. The minimum Gasteiger partial charge on any atom is -0.325 e. The van der Waals surface area contributed by atoms with Gasteiger partial charge < -0.3 is 9.69 Å². The van der Waals surface area contributed by atoms with Crippen LogP contribution in [0.25, 0.3) is 0 Å². The lowest BCUT2D eigenvalue weighted by Gasteiger charge is -2.51. The Balaban J connectivity index is 2.13. The van der Waals surface area contributed by atoms with Gasteiger partial charge in [0.05, 0.1) is 9.12 Å². The molecule has 3 rings (SSSR count). The Bertz CT molecular complexity index is 595. The smallest absolute Gasteiger partial charge is 0.261 e. The number of amides is 1. The Morgan fingerprint density at radius 2 is 2.23 bits per heavy atom. The maximum absolute atomic E-state index is 12.7. The Hall–Kier alpha value is -0.980. The number of aldehydes is 1.